The molecule has 3 rings (SSSR count). The molecule has 0 aliphatic carbocycles. The maximum absolute atomic E-state index is 12.0. The zero-order chi connectivity index (χ0) is 16.2. The van der Waals surface area contributed by atoms with Gasteiger partial charge in [0.1, 0.15) is 12.2 Å². The van der Waals surface area contributed by atoms with Crippen molar-refractivity contribution < 1.29 is 4.79 Å². The molecule has 122 valence electrons. The number of benzene rings is 1. The van der Waals surface area contributed by atoms with Gasteiger partial charge in [0.15, 0.2) is 0 Å². The van der Waals surface area contributed by atoms with Crippen LogP contribution in [0.4, 0.5) is 16.2 Å². The summed E-state index contributed by atoms with van der Waals surface area (Å²) in [6.07, 6.45) is 3.98. The summed E-state index contributed by atoms with van der Waals surface area (Å²) >= 11 is 0. The van der Waals surface area contributed by atoms with Gasteiger partial charge < -0.3 is 15.5 Å². The third-order valence-electron chi connectivity index (χ3n) is 4.11. The van der Waals surface area contributed by atoms with Crippen LogP contribution in [0.25, 0.3) is 0 Å². The zero-order valence-corrected chi connectivity index (χ0v) is 13.5. The molecule has 2 N–H and O–H groups in total. The Kier molecular flexibility index (Phi) is 4.45. The molecule has 0 radical (unpaired) electrons. The number of hydrogen-bond acceptors (Lipinski definition) is 4. The largest absolute Gasteiger partial charge is 0.371 e. The number of hydrogen-bond donors (Lipinski definition) is 2. The fraction of sp³-hybridized carbons (Fsp3) is 0.438. The first-order valence-electron chi connectivity index (χ1n) is 7.87. The Balaban J connectivity index is 1.58. The number of amides is 2. The van der Waals surface area contributed by atoms with Gasteiger partial charge >= 0.3 is 6.03 Å². The molecule has 2 heterocycles. The van der Waals surface area contributed by atoms with Crippen LogP contribution in [0.5, 0.6) is 0 Å². The van der Waals surface area contributed by atoms with Crippen molar-refractivity contribution >= 4 is 17.4 Å². The SMILES string of the molecule is Cc1cc(NC(=O)NCc2ncnn2C)ccc1N1CCCC1. The highest BCUT2D eigenvalue weighted by Gasteiger charge is 2.14. The Morgan fingerprint density at radius 3 is 2.74 bits per heavy atom. The standard InChI is InChI=1S/C16H22N6O/c1-12-9-13(5-6-14(12)22-7-3-4-8-22)20-16(23)17-10-15-18-11-19-21(15)2/h5-6,9,11H,3-4,7-8,10H2,1-2H3,(H2,17,20,23). The number of aromatic nitrogens is 3. The van der Waals surface area contributed by atoms with E-state index in [9.17, 15) is 4.79 Å². The molecule has 1 aliphatic heterocycles. The van der Waals surface area contributed by atoms with Crippen molar-refractivity contribution in [1.82, 2.24) is 20.1 Å². The number of rotatable bonds is 4. The van der Waals surface area contributed by atoms with E-state index in [1.807, 2.05) is 12.1 Å². The maximum atomic E-state index is 12.0. The number of nitrogens with one attached hydrogen (secondary N) is 2. The second kappa shape index (κ2) is 6.68. The maximum Gasteiger partial charge on any atom is 0.319 e. The van der Waals surface area contributed by atoms with Crippen LogP contribution < -0.4 is 15.5 Å². The second-order valence-electron chi connectivity index (χ2n) is 5.80. The van der Waals surface area contributed by atoms with Crippen molar-refractivity contribution in [2.24, 2.45) is 7.05 Å². The van der Waals surface area contributed by atoms with Gasteiger partial charge in [-0.2, -0.15) is 5.10 Å². The minimum Gasteiger partial charge on any atom is -0.371 e. The molecule has 1 aromatic carbocycles. The van der Waals surface area contributed by atoms with Crippen molar-refractivity contribution in [2.45, 2.75) is 26.3 Å². The highest BCUT2D eigenvalue weighted by Crippen LogP contribution is 2.26. The highest BCUT2D eigenvalue weighted by molar-refractivity contribution is 5.89. The van der Waals surface area contributed by atoms with Crippen LogP contribution in [0, 0.1) is 6.92 Å². The van der Waals surface area contributed by atoms with Crippen molar-refractivity contribution in [3.05, 3.63) is 35.9 Å². The van der Waals surface area contributed by atoms with Crippen molar-refractivity contribution in [3.63, 3.8) is 0 Å². The highest BCUT2D eigenvalue weighted by atomic mass is 16.2. The number of aryl methyl sites for hydroxylation is 2. The molecule has 2 amide bonds. The molecule has 2 aromatic rings. The third kappa shape index (κ3) is 3.61. The lowest BCUT2D eigenvalue weighted by atomic mass is 10.1. The summed E-state index contributed by atoms with van der Waals surface area (Å²) in [6.45, 7) is 4.65. The zero-order valence-electron chi connectivity index (χ0n) is 13.5. The smallest absolute Gasteiger partial charge is 0.319 e. The fourth-order valence-corrected chi connectivity index (χ4v) is 2.86. The molecule has 1 saturated heterocycles. The Labute approximate surface area is 135 Å². The molecule has 1 fully saturated rings. The summed E-state index contributed by atoms with van der Waals surface area (Å²) < 4.78 is 1.63. The minimum absolute atomic E-state index is 0.249. The van der Waals surface area contributed by atoms with Crippen LogP contribution in [0.2, 0.25) is 0 Å². The lowest BCUT2D eigenvalue weighted by Gasteiger charge is -2.20. The Hall–Kier alpha value is -2.57. The van der Waals surface area contributed by atoms with E-state index in [-0.39, 0.29) is 6.03 Å². The lowest BCUT2D eigenvalue weighted by molar-refractivity contribution is 0.251. The lowest BCUT2D eigenvalue weighted by Crippen LogP contribution is -2.29. The Bertz CT molecular complexity index is 690. The van der Waals surface area contributed by atoms with Crippen LogP contribution in [0.3, 0.4) is 0 Å². The Morgan fingerprint density at radius 1 is 1.30 bits per heavy atom. The van der Waals surface area contributed by atoms with E-state index in [0.29, 0.717) is 12.4 Å². The van der Waals surface area contributed by atoms with Gasteiger partial charge in [0, 0.05) is 31.5 Å². The van der Waals surface area contributed by atoms with Gasteiger partial charge in [0.05, 0.1) is 6.54 Å². The summed E-state index contributed by atoms with van der Waals surface area (Å²) in [7, 11) is 1.79. The van der Waals surface area contributed by atoms with Gasteiger partial charge in [-0.25, -0.2) is 9.78 Å². The minimum atomic E-state index is -0.249. The molecular weight excluding hydrogens is 292 g/mol. The molecule has 7 nitrogen and oxygen atoms in total. The predicted molar refractivity (Wildman–Crippen MR) is 89.5 cm³/mol. The van der Waals surface area contributed by atoms with Crippen LogP contribution in [-0.2, 0) is 13.6 Å². The van der Waals surface area contributed by atoms with Gasteiger partial charge in [-0.05, 0) is 43.5 Å². The monoisotopic (exact) mass is 314 g/mol. The molecule has 0 atom stereocenters. The van der Waals surface area contributed by atoms with E-state index < -0.39 is 0 Å². The number of carbonyl (C=O) groups excluding carboxylic acids is 1. The van der Waals surface area contributed by atoms with E-state index in [0.717, 1.165) is 18.8 Å². The van der Waals surface area contributed by atoms with E-state index in [1.54, 1.807) is 11.7 Å². The number of carbonyl (C=O) groups is 1. The van der Waals surface area contributed by atoms with E-state index in [4.69, 9.17) is 0 Å². The molecule has 7 heteroatoms. The van der Waals surface area contributed by atoms with Crippen molar-refractivity contribution in [1.29, 1.82) is 0 Å². The molecule has 0 spiro atoms. The van der Waals surface area contributed by atoms with Crippen LogP contribution in [-0.4, -0.2) is 33.9 Å². The van der Waals surface area contributed by atoms with Crippen molar-refractivity contribution in [2.75, 3.05) is 23.3 Å². The van der Waals surface area contributed by atoms with Gasteiger partial charge in [-0.3, -0.25) is 4.68 Å². The summed E-state index contributed by atoms with van der Waals surface area (Å²) in [5, 5.41) is 9.60. The second-order valence-corrected chi connectivity index (χ2v) is 5.80. The molecule has 1 aliphatic rings. The predicted octanol–water partition coefficient (Wildman–Crippen LogP) is 2.05. The van der Waals surface area contributed by atoms with Crippen LogP contribution in [0.1, 0.15) is 24.2 Å². The first-order valence-corrected chi connectivity index (χ1v) is 7.87. The van der Waals surface area contributed by atoms with Crippen LogP contribution in [0.15, 0.2) is 24.5 Å². The molecular formula is C16H22N6O. The topological polar surface area (TPSA) is 75.1 Å². The fourth-order valence-electron chi connectivity index (χ4n) is 2.86. The summed E-state index contributed by atoms with van der Waals surface area (Å²) in [6, 6.07) is 5.79. The van der Waals surface area contributed by atoms with E-state index in [2.05, 4.69) is 38.6 Å². The number of urea groups is 1. The average Bonchev–Trinajstić information content (AvgIpc) is 3.17. The van der Waals surface area contributed by atoms with Crippen molar-refractivity contribution in [3.8, 4) is 0 Å². The van der Waals surface area contributed by atoms with Gasteiger partial charge in [0.25, 0.3) is 0 Å². The first-order chi connectivity index (χ1) is 11.1. The third-order valence-corrected chi connectivity index (χ3v) is 4.11. The molecule has 0 unspecified atom stereocenters. The van der Waals surface area contributed by atoms with Crippen LogP contribution >= 0.6 is 0 Å². The summed E-state index contributed by atoms with van der Waals surface area (Å²) in [5.41, 5.74) is 3.23. The summed E-state index contributed by atoms with van der Waals surface area (Å²) in [5.74, 6) is 0.709. The van der Waals surface area contributed by atoms with Gasteiger partial charge in [-0.15, -0.1) is 0 Å². The molecule has 1 aromatic heterocycles. The molecule has 23 heavy (non-hydrogen) atoms. The first kappa shape index (κ1) is 15.3. The van der Waals surface area contributed by atoms with Gasteiger partial charge in [0.2, 0.25) is 0 Å². The van der Waals surface area contributed by atoms with E-state index >= 15 is 0 Å². The number of anilines is 2. The normalized spacial score (nSPS) is 14.1. The average molecular weight is 314 g/mol. The number of nitrogens with zero attached hydrogens (tertiary/aromatic N) is 4. The van der Waals surface area contributed by atoms with E-state index in [1.165, 1.54) is 30.4 Å². The molecule has 0 saturated carbocycles. The summed E-state index contributed by atoms with van der Waals surface area (Å²) in [4.78, 5) is 18.4. The molecule has 0 bridgehead atoms. The van der Waals surface area contributed by atoms with Gasteiger partial charge in [-0.1, -0.05) is 0 Å². The Morgan fingerprint density at radius 2 is 2.09 bits per heavy atom. The quantitative estimate of drug-likeness (QED) is 0.905.